The highest BCUT2D eigenvalue weighted by Gasteiger charge is 2.22. The van der Waals surface area contributed by atoms with Crippen LogP contribution in [0.5, 0.6) is 5.75 Å². The highest BCUT2D eigenvalue weighted by atomic mass is 16.5. The number of rotatable bonds is 2. The molecule has 0 amide bonds. The quantitative estimate of drug-likeness (QED) is 0.675. The highest BCUT2D eigenvalue weighted by molar-refractivity contribution is 5.31. The van der Waals surface area contributed by atoms with Gasteiger partial charge in [0.2, 0.25) is 0 Å². The standard InChI is InChI=1S/C15H20O/c1-11-4-9-15(12(2)10-11)13-5-7-14(16-3)8-6-13/h4-8,12,15H,9-10H2,1-3H3/t12-,15-/m1/s1. The molecular weight excluding hydrogens is 196 g/mol. The fraction of sp³-hybridized carbons (Fsp3) is 0.467. The summed E-state index contributed by atoms with van der Waals surface area (Å²) < 4.78 is 5.19. The average Bonchev–Trinajstić information content (AvgIpc) is 2.29. The van der Waals surface area contributed by atoms with E-state index in [0.29, 0.717) is 5.92 Å². The number of hydrogen-bond acceptors (Lipinski definition) is 1. The lowest BCUT2D eigenvalue weighted by molar-refractivity contribution is 0.412. The zero-order valence-electron chi connectivity index (χ0n) is 10.4. The largest absolute Gasteiger partial charge is 0.497 e. The van der Waals surface area contributed by atoms with Crippen LogP contribution < -0.4 is 4.74 Å². The van der Waals surface area contributed by atoms with Gasteiger partial charge in [-0.15, -0.1) is 0 Å². The Morgan fingerprint density at radius 1 is 1.19 bits per heavy atom. The molecule has 0 spiro atoms. The summed E-state index contributed by atoms with van der Waals surface area (Å²) in [6.45, 7) is 4.59. The minimum absolute atomic E-state index is 0.676. The van der Waals surface area contributed by atoms with E-state index in [4.69, 9.17) is 4.74 Å². The first-order chi connectivity index (χ1) is 7.70. The van der Waals surface area contributed by atoms with Gasteiger partial charge in [0.05, 0.1) is 7.11 Å². The van der Waals surface area contributed by atoms with Crippen molar-refractivity contribution >= 4 is 0 Å². The predicted octanol–water partition coefficient (Wildman–Crippen LogP) is 4.16. The number of benzene rings is 1. The molecule has 0 unspecified atom stereocenters. The third-order valence-corrected chi connectivity index (χ3v) is 3.60. The van der Waals surface area contributed by atoms with Crippen LogP contribution in [0.3, 0.4) is 0 Å². The molecule has 16 heavy (non-hydrogen) atoms. The van der Waals surface area contributed by atoms with E-state index in [1.807, 2.05) is 0 Å². The summed E-state index contributed by atoms with van der Waals surface area (Å²) in [5.74, 6) is 2.37. The number of hydrogen-bond donors (Lipinski definition) is 0. The lowest BCUT2D eigenvalue weighted by Crippen LogP contribution is -2.13. The molecule has 1 nitrogen and oxygen atoms in total. The maximum Gasteiger partial charge on any atom is 0.118 e. The van der Waals surface area contributed by atoms with Gasteiger partial charge >= 0.3 is 0 Å². The van der Waals surface area contributed by atoms with Gasteiger partial charge in [0.1, 0.15) is 5.75 Å². The van der Waals surface area contributed by atoms with Crippen LogP contribution in [0.4, 0.5) is 0 Å². The van der Waals surface area contributed by atoms with E-state index in [0.717, 1.165) is 11.7 Å². The second-order valence-electron chi connectivity index (χ2n) is 4.85. The van der Waals surface area contributed by atoms with Gasteiger partial charge in [0.25, 0.3) is 0 Å². The van der Waals surface area contributed by atoms with E-state index < -0.39 is 0 Å². The average molecular weight is 216 g/mol. The fourth-order valence-corrected chi connectivity index (χ4v) is 2.61. The van der Waals surface area contributed by atoms with Crippen LogP contribution in [0.15, 0.2) is 35.9 Å². The van der Waals surface area contributed by atoms with Gasteiger partial charge in [-0.3, -0.25) is 0 Å². The van der Waals surface area contributed by atoms with Crippen molar-refractivity contribution in [1.29, 1.82) is 0 Å². The Kier molecular flexibility index (Phi) is 3.33. The lowest BCUT2D eigenvalue weighted by atomic mass is 9.77. The summed E-state index contributed by atoms with van der Waals surface area (Å²) in [5.41, 5.74) is 2.98. The molecular formula is C15H20O. The highest BCUT2D eigenvalue weighted by Crippen LogP contribution is 2.37. The van der Waals surface area contributed by atoms with Gasteiger partial charge < -0.3 is 4.74 Å². The molecule has 0 radical (unpaired) electrons. The summed E-state index contributed by atoms with van der Waals surface area (Å²) in [6.07, 6.45) is 4.80. The summed E-state index contributed by atoms with van der Waals surface area (Å²) in [5, 5.41) is 0. The number of ether oxygens (including phenoxy) is 1. The van der Waals surface area contributed by atoms with Crippen molar-refractivity contribution in [3.63, 3.8) is 0 Å². The molecule has 1 aromatic carbocycles. The Hall–Kier alpha value is -1.24. The van der Waals surface area contributed by atoms with Crippen LogP contribution in [0.2, 0.25) is 0 Å². The second kappa shape index (κ2) is 4.73. The Morgan fingerprint density at radius 2 is 1.88 bits per heavy atom. The zero-order valence-corrected chi connectivity index (χ0v) is 10.4. The SMILES string of the molecule is COc1ccc([C@@H]2CC=C(C)C[C@H]2C)cc1. The minimum atomic E-state index is 0.676. The lowest BCUT2D eigenvalue weighted by Gasteiger charge is -2.28. The molecule has 1 heteroatoms. The van der Waals surface area contributed by atoms with Crippen LogP contribution >= 0.6 is 0 Å². The normalized spacial score (nSPS) is 25.1. The Labute approximate surface area is 98.1 Å². The van der Waals surface area contributed by atoms with Crippen LogP contribution in [0.1, 0.15) is 38.2 Å². The van der Waals surface area contributed by atoms with Gasteiger partial charge in [-0.1, -0.05) is 30.7 Å². The molecule has 0 heterocycles. The molecule has 0 saturated heterocycles. The molecule has 1 aliphatic rings. The van der Waals surface area contributed by atoms with Gasteiger partial charge in [-0.25, -0.2) is 0 Å². The molecule has 1 aliphatic carbocycles. The van der Waals surface area contributed by atoms with Crippen molar-refractivity contribution in [1.82, 2.24) is 0 Å². The molecule has 0 aromatic heterocycles. The van der Waals surface area contributed by atoms with E-state index >= 15 is 0 Å². The van der Waals surface area contributed by atoms with Crippen LogP contribution in [0, 0.1) is 5.92 Å². The van der Waals surface area contributed by atoms with Crippen molar-refractivity contribution in [2.75, 3.05) is 7.11 Å². The number of allylic oxidation sites excluding steroid dienone is 2. The molecule has 0 saturated carbocycles. The summed E-state index contributed by atoms with van der Waals surface area (Å²) in [7, 11) is 1.71. The number of methoxy groups -OCH3 is 1. The van der Waals surface area contributed by atoms with Crippen molar-refractivity contribution in [3.05, 3.63) is 41.5 Å². The van der Waals surface area contributed by atoms with Crippen LogP contribution in [-0.4, -0.2) is 7.11 Å². The summed E-state index contributed by atoms with van der Waals surface area (Å²) in [4.78, 5) is 0. The van der Waals surface area contributed by atoms with Crippen molar-refractivity contribution in [2.45, 2.75) is 32.6 Å². The van der Waals surface area contributed by atoms with E-state index in [1.54, 1.807) is 7.11 Å². The molecule has 0 aliphatic heterocycles. The molecule has 2 rings (SSSR count). The zero-order chi connectivity index (χ0) is 11.5. The van der Waals surface area contributed by atoms with Gasteiger partial charge in [-0.2, -0.15) is 0 Å². The molecule has 2 atom stereocenters. The van der Waals surface area contributed by atoms with Gasteiger partial charge in [-0.05, 0) is 49.3 Å². The first-order valence-electron chi connectivity index (χ1n) is 6.00. The second-order valence-corrected chi connectivity index (χ2v) is 4.85. The third kappa shape index (κ3) is 2.29. The van der Waals surface area contributed by atoms with E-state index in [-0.39, 0.29) is 0 Å². The predicted molar refractivity (Wildman–Crippen MR) is 67.9 cm³/mol. The van der Waals surface area contributed by atoms with E-state index in [2.05, 4.69) is 44.2 Å². The molecule has 0 fully saturated rings. The molecule has 1 aromatic rings. The Morgan fingerprint density at radius 3 is 2.44 bits per heavy atom. The topological polar surface area (TPSA) is 9.23 Å². The molecule has 86 valence electrons. The first-order valence-corrected chi connectivity index (χ1v) is 6.00. The Bertz CT molecular complexity index is 375. The maximum atomic E-state index is 5.19. The van der Waals surface area contributed by atoms with Crippen molar-refractivity contribution in [3.8, 4) is 5.75 Å². The molecule has 0 bridgehead atoms. The van der Waals surface area contributed by atoms with E-state index in [1.165, 1.54) is 24.0 Å². The fourth-order valence-electron chi connectivity index (χ4n) is 2.61. The monoisotopic (exact) mass is 216 g/mol. The Balaban J connectivity index is 2.17. The maximum absolute atomic E-state index is 5.19. The molecule has 0 N–H and O–H groups in total. The van der Waals surface area contributed by atoms with Crippen molar-refractivity contribution < 1.29 is 4.74 Å². The van der Waals surface area contributed by atoms with E-state index in [9.17, 15) is 0 Å². The summed E-state index contributed by atoms with van der Waals surface area (Å²) in [6, 6.07) is 8.53. The van der Waals surface area contributed by atoms with Crippen molar-refractivity contribution in [2.24, 2.45) is 5.92 Å². The van der Waals surface area contributed by atoms with Crippen LogP contribution in [-0.2, 0) is 0 Å². The first kappa shape index (κ1) is 11.3. The minimum Gasteiger partial charge on any atom is -0.497 e. The smallest absolute Gasteiger partial charge is 0.118 e. The third-order valence-electron chi connectivity index (χ3n) is 3.60. The summed E-state index contributed by atoms with van der Waals surface area (Å²) >= 11 is 0. The van der Waals surface area contributed by atoms with Gasteiger partial charge in [0, 0.05) is 0 Å². The van der Waals surface area contributed by atoms with Gasteiger partial charge in [0.15, 0.2) is 0 Å². The van der Waals surface area contributed by atoms with Crippen LogP contribution in [0.25, 0.3) is 0 Å².